The molecule has 0 saturated heterocycles. The highest BCUT2D eigenvalue weighted by Crippen LogP contribution is 2.46. The number of para-hydroxylation sites is 3. The largest absolute Gasteiger partial charge is 0.363 e. The summed E-state index contributed by atoms with van der Waals surface area (Å²) in [5.74, 6) is 0.882. The molecule has 2 heterocycles. The molecule has 0 bridgehead atoms. The van der Waals surface area contributed by atoms with Crippen molar-refractivity contribution in [1.82, 2.24) is 10.6 Å². The van der Waals surface area contributed by atoms with Crippen LogP contribution in [0.15, 0.2) is 199 Å². The molecule has 2 aliphatic heterocycles. The molecular weight excluding hydrogens is 695 g/mol. The first-order valence-corrected chi connectivity index (χ1v) is 19.9. The minimum absolute atomic E-state index is 0.167. The molecule has 0 spiro atoms. The van der Waals surface area contributed by atoms with Crippen molar-refractivity contribution in [3.8, 4) is 33.4 Å². The summed E-state index contributed by atoms with van der Waals surface area (Å²) in [4.78, 5) is 7.71. The van der Waals surface area contributed by atoms with Gasteiger partial charge < -0.3 is 15.5 Å². The van der Waals surface area contributed by atoms with Crippen LogP contribution in [0.3, 0.4) is 0 Å². The number of amidine groups is 1. The first kappa shape index (κ1) is 34.5. The number of benzene rings is 8. The lowest BCUT2D eigenvalue weighted by Crippen LogP contribution is -2.45. The zero-order chi connectivity index (χ0) is 38.1. The van der Waals surface area contributed by atoms with Gasteiger partial charge in [0.15, 0.2) is 0 Å². The molecule has 0 aromatic heterocycles. The van der Waals surface area contributed by atoms with Crippen LogP contribution in [0.5, 0.6) is 0 Å². The fourth-order valence-corrected chi connectivity index (χ4v) is 8.55. The van der Waals surface area contributed by atoms with E-state index in [-0.39, 0.29) is 18.5 Å². The lowest BCUT2D eigenvalue weighted by Gasteiger charge is -2.32. The van der Waals surface area contributed by atoms with Crippen molar-refractivity contribution < 1.29 is 0 Å². The van der Waals surface area contributed by atoms with E-state index in [0.29, 0.717) is 0 Å². The van der Waals surface area contributed by atoms with Crippen LogP contribution in [0.25, 0.3) is 44.2 Å². The minimum Gasteiger partial charge on any atom is -0.363 e. The molecule has 3 atom stereocenters. The highest BCUT2D eigenvalue weighted by Gasteiger charge is 2.30. The summed E-state index contributed by atoms with van der Waals surface area (Å²) in [6.45, 7) is 2.24. The zero-order valence-electron chi connectivity index (χ0n) is 31.8. The summed E-state index contributed by atoms with van der Waals surface area (Å²) in [5.41, 5.74) is 14.1. The van der Waals surface area contributed by atoms with Gasteiger partial charge in [0.1, 0.15) is 24.3 Å². The van der Waals surface area contributed by atoms with Crippen molar-refractivity contribution in [2.75, 3.05) is 10.2 Å². The Morgan fingerprint density at radius 3 is 1.96 bits per heavy atom. The molecule has 0 fully saturated rings. The van der Waals surface area contributed by atoms with Gasteiger partial charge in [-0.05, 0) is 86.5 Å². The van der Waals surface area contributed by atoms with E-state index in [1.165, 1.54) is 55.7 Å². The quantitative estimate of drug-likeness (QED) is 0.145. The number of aliphatic imine (C=N–C) groups is 1. The summed E-state index contributed by atoms with van der Waals surface area (Å²) in [5, 5.41) is 13.7. The Kier molecular flexibility index (Phi) is 9.05. The molecule has 276 valence electrons. The Bertz CT molecular complexity index is 2750. The number of hydrogen-bond acceptors (Lipinski definition) is 5. The van der Waals surface area contributed by atoms with E-state index in [1.54, 1.807) is 0 Å². The van der Waals surface area contributed by atoms with Crippen molar-refractivity contribution in [3.05, 3.63) is 211 Å². The molecule has 3 N–H and O–H groups in total. The van der Waals surface area contributed by atoms with Crippen LogP contribution in [0.1, 0.15) is 42.4 Å². The highest BCUT2D eigenvalue weighted by atomic mass is 15.3. The molecular formula is C52H43N5. The van der Waals surface area contributed by atoms with E-state index in [4.69, 9.17) is 4.99 Å². The van der Waals surface area contributed by atoms with Crippen LogP contribution >= 0.6 is 0 Å². The third-order valence-corrected chi connectivity index (χ3v) is 11.3. The molecule has 8 aromatic rings. The number of anilines is 3. The lowest BCUT2D eigenvalue weighted by molar-refractivity contribution is 0.409. The average molecular weight is 738 g/mol. The van der Waals surface area contributed by atoms with Gasteiger partial charge in [0.2, 0.25) is 0 Å². The monoisotopic (exact) mass is 737 g/mol. The maximum atomic E-state index is 5.25. The number of fused-ring (bicyclic) bond motifs is 2. The molecule has 2 aliphatic rings. The van der Waals surface area contributed by atoms with Gasteiger partial charge in [0.05, 0.1) is 17.1 Å². The van der Waals surface area contributed by atoms with Gasteiger partial charge in [-0.15, -0.1) is 0 Å². The Morgan fingerprint density at radius 2 is 1.11 bits per heavy atom. The first-order valence-electron chi connectivity index (χ1n) is 19.9. The standard InChI is InChI=1S/C52H43N5/c1-2-49-53-46-30-11-13-32-48(46)57(49)47-31-12-10-28-44(47)43-27-9-8-26-42(43)39-23-14-21-37(33-39)38-22-15-24-40(34-38)51-54-50(36-18-4-3-5-19-36)55-52(56-51)45-29-16-20-35-17-6-7-25-41(35)45/h3-34,49-51,53-54H,2H2,1H3,(H,55,56). The Morgan fingerprint density at radius 1 is 0.491 bits per heavy atom. The van der Waals surface area contributed by atoms with Crippen LogP contribution in [0.4, 0.5) is 17.1 Å². The molecule has 3 unspecified atom stereocenters. The van der Waals surface area contributed by atoms with Crippen molar-refractivity contribution in [2.24, 2.45) is 4.99 Å². The van der Waals surface area contributed by atoms with Crippen molar-refractivity contribution in [3.63, 3.8) is 0 Å². The molecule has 0 amide bonds. The number of nitrogens with one attached hydrogen (secondary N) is 3. The molecule has 0 radical (unpaired) electrons. The molecule has 57 heavy (non-hydrogen) atoms. The van der Waals surface area contributed by atoms with E-state index in [1.807, 2.05) is 0 Å². The fourth-order valence-electron chi connectivity index (χ4n) is 8.55. The lowest BCUT2D eigenvalue weighted by atomic mass is 9.91. The maximum Gasteiger partial charge on any atom is 0.132 e. The predicted molar refractivity (Wildman–Crippen MR) is 238 cm³/mol. The SMILES string of the molecule is CCC1Nc2ccccc2N1c1ccccc1-c1ccccc1-c1cccc(-c2cccc(C3NC(c4cccc5ccccc45)=NC(c4ccccc4)N3)c2)c1. The molecule has 5 heteroatoms. The van der Waals surface area contributed by atoms with Crippen molar-refractivity contribution in [2.45, 2.75) is 31.8 Å². The molecule has 0 saturated carbocycles. The highest BCUT2D eigenvalue weighted by molar-refractivity contribution is 6.10. The Labute approximate surface area is 334 Å². The van der Waals surface area contributed by atoms with Crippen molar-refractivity contribution in [1.29, 1.82) is 0 Å². The van der Waals surface area contributed by atoms with Gasteiger partial charge in [-0.1, -0.05) is 171 Å². The van der Waals surface area contributed by atoms with E-state index in [9.17, 15) is 0 Å². The number of nitrogens with zero attached hydrogens (tertiary/aromatic N) is 2. The first-order chi connectivity index (χ1) is 28.2. The van der Waals surface area contributed by atoms with Gasteiger partial charge in [-0.25, -0.2) is 4.99 Å². The second-order valence-electron chi connectivity index (χ2n) is 14.8. The molecule has 5 nitrogen and oxygen atoms in total. The van der Waals surface area contributed by atoms with Crippen LogP contribution in [-0.4, -0.2) is 12.0 Å². The Hall–Kier alpha value is -6.95. The second-order valence-corrected chi connectivity index (χ2v) is 14.8. The van der Waals surface area contributed by atoms with Crippen LogP contribution < -0.4 is 20.9 Å². The van der Waals surface area contributed by atoms with E-state index >= 15 is 0 Å². The molecule has 10 rings (SSSR count). The van der Waals surface area contributed by atoms with Crippen LogP contribution in [0, 0.1) is 0 Å². The average Bonchev–Trinajstić information content (AvgIpc) is 3.68. The smallest absolute Gasteiger partial charge is 0.132 e. The van der Waals surface area contributed by atoms with Gasteiger partial charge in [-0.2, -0.15) is 0 Å². The zero-order valence-corrected chi connectivity index (χ0v) is 31.8. The summed E-state index contributed by atoms with van der Waals surface area (Å²) in [6, 6.07) is 69.6. The third-order valence-electron chi connectivity index (χ3n) is 11.3. The summed E-state index contributed by atoms with van der Waals surface area (Å²) in [6.07, 6.45) is 0.771. The van der Waals surface area contributed by atoms with E-state index in [2.05, 4.69) is 222 Å². The third kappa shape index (κ3) is 6.52. The van der Waals surface area contributed by atoms with Crippen molar-refractivity contribution >= 4 is 33.7 Å². The van der Waals surface area contributed by atoms with Gasteiger partial charge in [0.25, 0.3) is 0 Å². The van der Waals surface area contributed by atoms with Gasteiger partial charge >= 0.3 is 0 Å². The summed E-state index contributed by atoms with van der Waals surface area (Å²) >= 11 is 0. The molecule has 0 aliphatic carbocycles. The summed E-state index contributed by atoms with van der Waals surface area (Å²) in [7, 11) is 0. The maximum absolute atomic E-state index is 5.25. The fraction of sp³-hybridized carbons (Fsp3) is 0.0962. The minimum atomic E-state index is -0.213. The van der Waals surface area contributed by atoms with Crippen LogP contribution in [0.2, 0.25) is 0 Å². The molecule has 8 aromatic carbocycles. The normalized spacial score (nSPS) is 17.4. The number of rotatable bonds is 8. The second kappa shape index (κ2) is 14.9. The Balaban J connectivity index is 1.01. The number of hydrogen-bond donors (Lipinski definition) is 3. The van der Waals surface area contributed by atoms with Crippen LogP contribution in [-0.2, 0) is 0 Å². The van der Waals surface area contributed by atoms with E-state index < -0.39 is 0 Å². The summed E-state index contributed by atoms with van der Waals surface area (Å²) < 4.78 is 0. The predicted octanol–water partition coefficient (Wildman–Crippen LogP) is 12.5. The van der Waals surface area contributed by atoms with Gasteiger partial charge in [-0.3, -0.25) is 5.32 Å². The topological polar surface area (TPSA) is 51.7 Å². The van der Waals surface area contributed by atoms with Gasteiger partial charge in [0, 0.05) is 11.1 Å². The van der Waals surface area contributed by atoms with E-state index in [0.717, 1.165) is 34.5 Å².